The van der Waals surface area contributed by atoms with Gasteiger partial charge < -0.3 is 9.47 Å². The Morgan fingerprint density at radius 2 is 0.824 bits per heavy atom. The SMILES string of the molecule is CC(C)CCCC(C)CCOC(=O)CCCCCCCCC(=O)OCCC(C)CCCC(C)C. The maximum Gasteiger partial charge on any atom is 0.305 e. The number of unbranched alkanes of at least 4 members (excludes halogenated alkanes) is 5. The number of carbonyl (C=O) groups is 2. The Morgan fingerprint density at radius 3 is 1.18 bits per heavy atom. The molecule has 0 spiro atoms. The van der Waals surface area contributed by atoms with Crippen molar-refractivity contribution in [1.29, 1.82) is 0 Å². The fraction of sp³-hybridized carbons (Fsp3) is 0.933. The molecule has 0 N–H and O–H groups in total. The number of ether oxygens (including phenoxy) is 2. The molecule has 0 saturated heterocycles. The summed E-state index contributed by atoms with van der Waals surface area (Å²) in [7, 11) is 0. The Balaban J connectivity index is 3.45. The summed E-state index contributed by atoms with van der Waals surface area (Å²) in [6.07, 6.45) is 16.7. The van der Waals surface area contributed by atoms with Gasteiger partial charge in [0.25, 0.3) is 0 Å². The van der Waals surface area contributed by atoms with Gasteiger partial charge in [-0.05, 0) is 49.4 Å². The third-order valence-electron chi connectivity index (χ3n) is 6.72. The number of rotatable bonds is 23. The van der Waals surface area contributed by atoms with Gasteiger partial charge in [0.2, 0.25) is 0 Å². The van der Waals surface area contributed by atoms with Crippen molar-refractivity contribution in [2.24, 2.45) is 23.7 Å². The fourth-order valence-corrected chi connectivity index (χ4v) is 4.18. The lowest BCUT2D eigenvalue weighted by Crippen LogP contribution is -2.09. The summed E-state index contributed by atoms with van der Waals surface area (Å²) < 4.78 is 10.8. The van der Waals surface area contributed by atoms with Gasteiger partial charge in [-0.15, -0.1) is 0 Å². The normalized spacial score (nSPS) is 13.3. The second-order valence-corrected chi connectivity index (χ2v) is 11.5. The summed E-state index contributed by atoms with van der Waals surface area (Å²) in [6.45, 7) is 14.7. The van der Waals surface area contributed by atoms with E-state index < -0.39 is 0 Å². The van der Waals surface area contributed by atoms with E-state index in [-0.39, 0.29) is 11.9 Å². The molecule has 0 aliphatic carbocycles. The molecule has 0 heterocycles. The van der Waals surface area contributed by atoms with Gasteiger partial charge in [-0.25, -0.2) is 0 Å². The third-order valence-corrected chi connectivity index (χ3v) is 6.72. The predicted molar refractivity (Wildman–Crippen MR) is 144 cm³/mol. The van der Waals surface area contributed by atoms with Crippen LogP contribution in [0, 0.1) is 23.7 Å². The fourth-order valence-electron chi connectivity index (χ4n) is 4.18. The van der Waals surface area contributed by atoms with Crippen molar-refractivity contribution < 1.29 is 19.1 Å². The molecule has 0 aromatic rings. The van der Waals surface area contributed by atoms with Crippen molar-refractivity contribution in [2.75, 3.05) is 13.2 Å². The molecular weight excluding hydrogens is 424 g/mol. The molecule has 0 bridgehead atoms. The number of carbonyl (C=O) groups excluding carboxylic acids is 2. The lowest BCUT2D eigenvalue weighted by molar-refractivity contribution is -0.145. The zero-order chi connectivity index (χ0) is 25.6. The van der Waals surface area contributed by atoms with Gasteiger partial charge in [-0.3, -0.25) is 9.59 Å². The molecule has 4 heteroatoms. The standard InChI is InChI=1S/C30H58O4/c1-25(2)15-13-17-27(5)21-23-33-29(31)19-11-9-7-8-10-12-20-30(32)34-24-22-28(6)18-14-16-26(3)4/h25-28H,7-24H2,1-6H3. The monoisotopic (exact) mass is 482 g/mol. The zero-order valence-electron chi connectivity index (χ0n) is 23.7. The highest BCUT2D eigenvalue weighted by molar-refractivity contribution is 5.69. The molecule has 2 atom stereocenters. The third kappa shape index (κ3) is 24.1. The Kier molecular flexibility index (Phi) is 21.7. The van der Waals surface area contributed by atoms with Crippen molar-refractivity contribution in [3.05, 3.63) is 0 Å². The Hall–Kier alpha value is -1.06. The highest BCUT2D eigenvalue weighted by Gasteiger charge is 2.08. The van der Waals surface area contributed by atoms with Gasteiger partial charge in [0, 0.05) is 12.8 Å². The molecule has 2 unspecified atom stereocenters. The highest BCUT2D eigenvalue weighted by Crippen LogP contribution is 2.17. The minimum absolute atomic E-state index is 0.0497. The molecule has 0 aliphatic rings. The lowest BCUT2D eigenvalue weighted by Gasteiger charge is -2.12. The van der Waals surface area contributed by atoms with Crippen LogP contribution in [0.15, 0.2) is 0 Å². The van der Waals surface area contributed by atoms with Crippen LogP contribution in [0.4, 0.5) is 0 Å². The average molecular weight is 483 g/mol. The van der Waals surface area contributed by atoms with Crippen molar-refractivity contribution >= 4 is 11.9 Å². The van der Waals surface area contributed by atoms with Crippen molar-refractivity contribution in [3.63, 3.8) is 0 Å². The van der Waals surface area contributed by atoms with E-state index in [1.54, 1.807) is 0 Å². The van der Waals surface area contributed by atoms with E-state index in [0.717, 1.165) is 63.2 Å². The molecule has 0 fully saturated rings. The molecule has 0 aliphatic heterocycles. The van der Waals surface area contributed by atoms with Crippen LogP contribution in [-0.4, -0.2) is 25.2 Å². The van der Waals surface area contributed by atoms with Gasteiger partial charge >= 0.3 is 11.9 Å². The predicted octanol–water partition coefficient (Wildman–Crippen LogP) is 8.90. The van der Waals surface area contributed by atoms with E-state index in [4.69, 9.17) is 9.47 Å². The molecular formula is C30H58O4. The topological polar surface area (TPSA) is 52.6 Å². The van der Waals surface area contributed by atoms with Crippen LogP contribution in [0.1, 0.15) is 144 Å². The molecule has 0 aromatic carbocycles. The first-order valence-corrected chi connectivity index (χ1v) is 14.5. The Labute approximate surface area is 212 Å². The maximum absolute atomic E-state index is 11.9. The first-order valence-electron chi connectivity index (χ1n) is 14.5. The van der Waals surface area contributed by atoms with E-state index in [1.807, 2.05) is 0 Å². The smallest absolute Gasteiger partial charge is 0.305 e. The summed E-state index contributed by atoms with van der Waals surface area (Å²) in [5.41, 5.74) is 0. The van der Waals surface area contributed by atoms with Crippen molar-refractivity contribution in [3.8, 4) is 0 Å². The molecule has 34 heavy (non-hydrogen) atoms. The summed E-state index contributed by atoms with van der Waals surface area (Å²) in [5, 5.41) is 0. The molecule has 0 saturated carbocycles. The van der Waals surface area contributed by atoms with E-state index in [0.29, 0.717) is 37.9 Å². The van der Waals surface area contributed by atoms with Crippen LogP contribution in [0.3, 0.4) is 0 Å². The van der Waals surface area contributed by atoms with Gasteiger partial charge in [0.15, 0.2) is 0 Å². The quantitative estimate of drug-likeness (QED) is 0.108. The summed E-state index contributed by atoms with van der Waals surface area (Å²) in [5.74, 6) is 2.71. The van der Waals surface area contributed by atoms with Gasteiger partial charge in [-0.2, -0.15) is 0 Å². The number of esters is 2. The largest absolute Gasteiger partial charge is 0.466 e. The van der Waals surface area contributed by atoms with Gasteiger partial charge in [0.1, 0.15) is 0 Å². The molecule has 4 nitrogen and oxygen atoms in total. The van der Waals surface area contributed by atoms with Crippen molar-refractivity contribution in [1.82, 2.24) is 0 Å². The van der Waals surface area contributed by atoms with Gasteiger partial charge in [0.05, 0.1) is 13.2 Å². The minimum Gasteiger partial charge on any atom is -0.466 e. The summed E-state index contributed by atoms with van der Waals surface area (Å²) in [6, 6.07) is 0. The molecule has 0 aromatic heterocycles. The molecule has 0 amide bonds. The second kappa shape index (κ2) is 22.4. The molecule has 0 radical (unpaired) electrons. The van der Waals surface area contributed by atoms with Crippen LogP contribution in [0.25, 0.3) is 0 Å². The minimum atomic E-state index is -0.0497. The van der Waals surface area contributed by atoms with E-state index in [2.05, 4.69) is 41.5 Å². The summed E-state index contributed by atoms with van der Waals surface area (Å²) >= 11 is 0. The van der Waals surface area contributed by atoms with Crippen molar-refractivity contribution in [2.45, 2.75) is 144 Å². The van der Waals surface area contributed by atoms with Crippen LogP contribution in [-0.2, 0) is 19.1 Å². The van der Waals surface area contributed by atoms with E-state index >= 15 is 0 Å². The average Bonchev–Trinajstić information content (AvgIpc) is 2.75. The van der Waals surface area contributed by atoms with Crippen LogP contribution in [0.5, 0.6) is 0 Å². The van der Waals surface area contributed by atoms with Gasteiger partial charge in [-0.1, -0.05) is 106 Å². The highest BCUT2D eigenvalue weighted by atomic mass is 16.5. The lowest BCUT2D eigenvalue weighted by atomic mass is 9.98. The second-order valence-electron chi connectivity index (χ2n) is 11.5. The van der Waals surface area contributed by atoms with Crippen LogP contribution >= 0.6 is 0 Å². The summed E-state index contributed by atoms with van der Waals surface area (Å²) in [4.78, 5) is 23.7. The Bertz CT molecular complexity index is 442. The van der Waals surface area contributed by atoms with Crippen LogP contribution < -0.4 is 0 Å². The Morgan fingerprint density at radius 1 is 0.471 bits per heavy atom. The number of hydrogen-bond acceptors (Lipinski definition) is 4. The first kappa shape index (κ1) is 32.9. The van der Waals surface area contributed by atoms with E-state index in [1.165, 1.54) is 38.5 Å². The van der Waals surface area contributed by atoms with Crippen LogP contribution in [0.2, 0.25) is 0 Å². The number of hydrogen-bond donors (Lipinski definition) is 0. The zero-order valence-corrected chi connectivity index (χ0v) is 23.7. The molecule has 0 rings (SSSR count). The van der Waals surface area contributed by atoms with E-state index in [9.17, 15) is 9.59 Å². The first-order chi connectivity index (χ1) is 16.2. The molecule has 202 valence electrons. The maximum atomic E-state index is 11.9.